The summed E-state index contributed by atoms with van der Waals surface area (Å²) in [7, 11) is 0. The maximum atomic E-state index is 12.6. The van der Waals surface area contributed by atoms with Crippen LogP contribution in [0, 0.1) is 5.41 Å². The van der Waals surface area contributed by atoms with Crippen molar-refractivity contribution in [2.45, 2.75) is 64.8 Å². The van der Waals surface area contributed by atoms with Crippen LogP contribution in [0.3, 0.4) is 0 Å². The van der Waals surface area contributed by atoms with Gasteiger partial charge in [-0.1, -0.05) is 31.4 Å². The minimum Gasteiger partial charge on any atom is -0.347 e. The van der Waals surface area contributed by atoms with Crippen molar-refractivity contribution in [3.8, 4) is 0 Å². The molecule has 0 spiro atoms. The lowest BCUT2D eigenvalue weighted by atomic mass is 9.71. The number of carbonyl (C=O) groups is 2. The molecule has 0 atom stereocenters. The van der Waals surface area contributed by atoms with Crippen LogP contribution in [0.1, 0.15) is 69.7 Å². The average molecular weight is 345 g/mol. The van der Waals surface area contributed by atoms with Crippen LogP contribution >= 0.6 is 0 Å². The topological polar surface area (TPSA) is 84.2 Å². The molecule has 0 heterocycles. The third-order valence-electron chi connectivity index (χ3n) is 4.82. The molecular formula is C20H31N3O2. The number of rotatable bonds is 5. The van der Waals surface area contributed by atoms with E-state index in [1.807, 2.05) is 26.8 Å². The predicted molar refractivity (Wildman–Crippen MR) is 101 cm³/mol. The van der Waals surface area contributed by atoms with E-state index in [0.29, 0.717) is 24.2 Å². The van der Waals surface area contributed by atoms with Crippen LogP contribution in [0.15, 0.2) is 24.3 Å². The number of carbonyl (C=O) groups excluding carboxylic acids is 2. The van der Waals surface area contributed by atoms with Gasteiger partial charge < -0.3 is 16.4 Å². The molecule has 5 heteroatoms. The first-order valence-corrected chi connectivity index (χ1v) is 9.16. The van der Waals surface area contributed by atoms with Gasteiger partial charge in [-0.05, 0) is 57.7 Å². The molecule has 2 rings (SSSR count). The molecule has 5 nitrogen and oxygen atoms in total. The zero-order valence-electron chi connectivity index (χ0n) is 15.7. The van der Waals surface area contributed by atoms with Crippen LogP contribution in [0.4, 0.5) is 5.69 Å². The molecule has 138 valence electrons. The van der Waals surface area contributed by atoms with Crippen molar-refractivity contribution >= 4 is 17.5 Å². The Kier molecular flexibility index (Phi) is 6.22. The van der Waals surface area contributed by atoms with Crippen molar-refractivity contribution in [1.82, 2.24) is 5.32 Å². The van der Waals surface area contributed by atoms with Gasteiger partial charge in [0.2, 0.25) is 5.91 Å². The molecule has 1 aliphatic rings. The van der Waals surface area contributed by atoms with Crippen molar-refractivity contribution in [2.24, 2.45) is 11.1 Å². The number of para-hydroxylation sites is 1. The lowest BCUT2D eigenvalue weighted by Crippen LogP contribution is -2.41. The number of hydrogen-bond donors (Lipinski definition) is 3. The smallest absolute Gasteiger partial charge is 0.253 e. The van der Waals surface area contributed by atoms with Crippen molar-refractivity contribution in [3.05, 3.63) is 29.8 Å². The second-order valence-electron chi connectivity index (χ2n) is 8.24. The lowest BCUT2D eigenvalue weighted by Gasteiger charge is -2.35. The Labute approximate surface area is 150 Å². The zero-order valence-corrected chi connectivity index (χ0v) is 15.7. The second-order valence-corrected chi connectivity index (χ2v) is 8.24. The van der Waals surface area contributed by atoms with Crippen molar-refractivity contribution < 1.29 is 9.59 Å². The number of nitrogens with one attached hydrogen (secondary N) is 2. The molecule has 2 amide bonds. The maximum absolute atomic E-state index is 12.6. The van der Waals surface area contributed by atoms with E-state index in [-0.39, 0.29) is 22.8 Å². The molecule has 0 aliphatic heterocycles. The van der Waals surface area contributed by atoms with Gasteiger partial charge in [0, 0.05) is 12.0 Å². The largest absolute Gasteiger partial charge is 0.347 e. The highest BCUT2D eigenvalue weighted by Crippen LogP contribution is 2.38. The SMILES string of the molecule is CC(C)(C)NC(=O)c1ccccc1NC(=O)CC1(CN)CCCCC1. The van der Waals surface area contributed by atoms with E-state index in [1.165, 1.54) is 6.42 Å². The molecule has 1 aliphatic carbocycles. The van der Waals surface area contributed by atoms with Crippen LogP contribution < -0.4 is 16.4 Å². The minimum absolute atomic E-state index is 0.0663. The summed E-state index contributed by atoms with van der Waals surface area (Å²) in [5.74, 6) is -0.252. The Morgan fingerprint density at radius 3 is 2.36 bits per heavy atom. The molecule has 4 N–H and O–H groups in total. The average Bonchev–Trinajstić information content (AvgIpc) is 2.54. The van der Waals surface area contributed by atoms with Crippen molar-refractivity contribution in [2.75, 3.05) is 11.9 Å². The van der Waals surface area contributed by atoms with Gasteiger partial charge in [-0.25, -0.2) is 0 Å². The molecule has 0 unspecified atom stereocenters. The van der Waals surface area contributed by atoms with Gasteiger partial charge in [-0.2, -0.15) is 0 Å². The van der Waals surface area contributed by atoms with Gasteiger partial charge in [0.15, 0.2) is 0 Å². The van der Waals surface area contributed by atoms with Crippen LogP contribution in [0.2, 0.25) is 0 Å². The van der Waals surface area contributed by atoms with E-state index in [4.69, 9.17) is 5.73 Å². The zero-order chi connectivity index (χ0) is 18.5. The maximum Gasteiger partial charge on any atom is 0.253 e. The molecule has 1 saturated carbocycles. The van der Waals surface area contributed by atoms with Gasteiger partial charge in [-0.3, -0.25) is 9.59 Å². The summed E-state index contributed by atoms with van der Waals surface area (Å²) in [6, 6.07) is 7.12. The summed E-state index contributed by atoms with van der Waals surface area (Å²) >= 11 is 0. The number of nitrogens with two attached hydrogens (primary N) is 1. The Morgan fingerprint density at radius 2 is 1.76 bits per heavy atom. The molecule has 0 radical (unpaired) electrons. The predicted octanol–water partition coefficient (Wildman–Crippen LogP) is 3.45. The first-order chi connectivity index (χ1) is 11.7. The third kappa shape index (κ3) is 5.56. The van der Waals surface area contributed by atoms with Crippen LogP contribution in [-0.4, -0.2) is 23.9 Å². The molecule has 1 aromatic carbocycles. The van der Waals surface area contributed by atoms with E-state index in [2.05, 4.69) is 10.6 Å². The summed E-state index contributed by atoms with van der Waals surface area (Å²) in [5.41, 5.74) is 6.59. The van der Waals surface area contributed by atoms with Gasteiger partial charge in [0.1, 0.15) is 0 Å². The Hall–Kier alpha value is -1.88. The standard InChI is InChI=1S/C20H31N3O2/c1-19(2,3)23-18(25)15-9-5-6-10-16(15)22-17(24)13-20(14-21)11-7-4-8-12-20/h5-6,9-10H,4,7-8,11-14,21H2,1-3H3,(H,22,24)(H,23,25). The minimum atomic E-state index is -0.333. The quantitative estimate of drug-likeness (QED) is 0.764. The summed E-state index contributed by atoms with van der Waals surface area (Å²) in [6.07, 6.45) is 5.91. The highest BCUT2D eigenvalue weighted by molar-refractivity contribution is 6.04. The highest BCUT2D eigenvalue weighted by Gasteiger charge is 2.33. The molecule has 0 bridgehead atoms. The summed E-state index contributed by atoms with van der Waals surface area (Å²) < 4.78 is 0. The van der Waals surface area contributed by atoms with Gasteiger partial charge in [0.05, 0.1) is 11.3 Å². The Bertz CT molecular complexity index is 614. The van der Waals surface area contributed by atoms with E-state index in [0.717, 1.165) is 25.7 Å². The lowest BCUT2D eigenvalue weighted by molar-refractivity contribution is -0.118. The van der Waals surface area contributed by atoms with Crippen LogP contribution in [0.25, 0.3) is 0 Å². The van der Waals surface area contributed by atoms with Crippen molar-refractivity contribution in [3.63, 3.8) is 0 Å². The van der Waals surface area contributed by atoms with E-state index in [9.17, 15) is 9.59 Å². The van der Waals surface area contributed by atoms with Gasteiger partial charge in [0.25, 0.3) is 5.91 Å². The van der Waals surface area contributed by atoms with E-state index in [1.54, 1.807) is 18.2 Å². The van der Waals surface area contributed by atoms with Crippen molar-refractivity contribution in [1.29, 1.82) is 0 Å². The Balaban J connectivity index is 2.09. The summed E-state index contributed by atoms with van der Waals surface area (Å²) in [5, 5.41) is 5.87. The molecule has 0 aromatic heterocycles. The van der Waals surface area contributed by atoms with E-state index >= 15 is 0 Å². The summed E-state index contributed by atoms with van der Waals surface area (Å²) in [6.45, 7) is 6.33. The monoisotopic (exact) mass is 345 g/mol. The first-order valence-electron chi connectivity index (χ1n) is 9.16. The van der Waals surface area contributed by atoms with Crippen LogP contribution in [-0.2, 0) is 4.79 Å². The third-order valence-corrected chi connectivity index (χ3v) is 4.82. The number of hydrogen-bond acceptors (Lipinski definition) is 3. The summed E-state index contributed by atoms with van der Waals surface area (Å²) in [4.78, 5) is 25.1. The fraction of sp³-hybridized carbons (Fsp3) is 0.600. The highest BCUT2D eigenvalue weighted by atomic mass is 16.2. The Morgan fingerprint density at radius 1 is 1.12 bits per heavy atom. The molecule has 1 fully saturated rings. The number of benzene rings is 1. The molecule has 1 aromatic rings. The van der Waals surface area contributed by atoms with Crippen LogP contribution in [0.5, 0.6) is 0 Å². The fourth-order valence-corrected chi connectivity index (χ4v) is 3.49. The first kappa shape index (κ1) is 19.4. The molecule has 0 saturated heterocycles. The number of amides is 2. The van der Waals surface area contributed by atoms with Gasteiger partial charge in [-0.15, -0.1) is 0 Å². The normalized spacial score (nSPS) is 17.0. The van der Waals surface area contributed by atoms with E-state index < -0.39 is 0 Å². The second kappa shape index (κ2) is 8.00. The number of anilines is 1. The van der Waals surface area contributed by atoms with Gasteiger partial charge >= 0.3 is 0 Å². The fourth-order valence-electron chi connectivity index (χ4n) is 3.49. The molecule has 25 heavy (non-hydrogen) atoms. The molecular weight excluding hydrogens is 314 g/mol.